The van der Waals surface area contributed by atoms with E-state index in [0.717, 1.165) is 18.2 Å². The van der Waals surface area contributed by atoms with Crippen molar-refractivity contribution >= 4 is 27.5 Å². The molecule has 0 aliphatic heterocycles. The van der Waals surface area contributed by atoms with Gasteiger partial charge in [-0.05, 0) is 44.4 Å². The van der Waals surface area contributed by atoms with Crippen molar-refractivity contribution < 1.29 is 22.7 Å². The first-order chi connectivity index (χ1) is 16.6. The summed E-state index contributed by atoms with van der Waals surface area (Å²) in [6, 6.07) is 15.7. The van der Waals surface area contributed by atoms with E-state index in [2.05, 4.69) is 5.32 Å². The minimum absolute atomic E-state index is 0.00259. The molecule has 2 atom stereocenters. The first-order valence-electron chi connectivity index (χ1n) is 11.8. The molecule has 35 heavy (non-hydrogen) atoms. The van der Waals surface area contributed by atoms with Gasteiger partial charge < -0.3 is 15.0 Å². The summed E-state index contributed by atoms with van der Waals surface area (Å²) >= 11 is 0. The molecule has 0 spiro atoms. The highest BCUT2D eigenvalue weighted by Gasteiger charge is 2.27. The first-order valence-corrected chi connectivity index (χ1v) is 13.7. The number of hydrogen-bond donors (Lipinski definition) is 1. The van der Waals surface area contributed by atoms with Crippen LogP contribution in [-0.4, -0.2) is 57.1 Å². The molecule has 0 aromatic heterocycles. The Kier molecular flexibility index (Phi) is 10.6. The van der Waals surface area contributed by atoms with Crippen LogP contribution in [0.2, 0.25) is 0 Å². The number of carbonyl (C=O) groups excluding carboxylic acids is 2. The van der Waals surface area contributed by atoms with E-state index in [-0.39, 0.29) is 43.8 Å². The van der Waals surface area contributed by atoms with E-state index >= 15 is 0 Å². The quantitative estimate of drug-likeness (QED) is 0.451. The van der Waals surface area contributed by atoms with Crippen LogP contribution >= 0.6 is 0 Å². The van der Waals surface area contributed by atoms with Gasteiger partial charge >= 0.3 is 0 Å². The largest absolute Gasteiger partial charge is 0.495 e. The van der Waals surface area contributed by atoms with Crippen molar-refractivity contribution in [2.75, 3.05) is 24.2 Å². The van der Waals surface area contributed by atoms with Gasteiger partial charge in [0.25, 0.3) is 0 Å². The molecule has 2 rings (SSSR count). The number of para-hydroxylation sites is 2. The number of rotatable bonds is 13. The fourth-order valence-electron chi connectivity index (χ4n) is 3.65. The Hall–Kier alpha value is -3.07. The molecule has 0 bridgehead atoms. The van der Waals surface area contributed by atoms with Gasteiger partial charge in [-0.1, -0.05) is 49.4 Å². The molecule has 1 N–H and O–H groups in total. The minimum Gasteiger partial charge on any atom is -0.495 e. The third-order valence-electron chi connectivity index (χ3n) is 5.87. The highest BCUT2D eigenvalue weighted by Crippen LogP contribution is 2.29. The Morgan fingerprint density at radius 1 is 1.03 bits per heavy atom. The number of anilines is 1. The van der Waals surface area contributed by atoms with Crippen LogP contribution in [-0.2, 0) is 26.2 Å². The van der Waals surface area contributed by atoms with Crippen LogP contribution < -0.4 is 14.4 Å². The molecule has 2 amide bonds. The van der Waals surface area contributed by atoms with Crippen LogP contribution in [0.25, 0.3) is 0 Å². The lowest BCUT2D eigenvalue weighted by Crippen LogP contribution is -2.49. The molecule has 0 aliphatic carbocycles. The second kappa shape index (κ2) is 13.1. The molecule has 0 unspecified atom stereocenters. The van der Waals surface area contributed by atoms with Gasteiger partial charge in [-0.15, -0.1) is 0 Å². The van der Waals surface area contributed by atoms with Crippen LogP contribution in [0.3, 0.4) is 0 Å². The van der Waals surface area contributed by atoms with Crippen LogP contribution in [0, 0.1) is 0 Å². The summed E-state index contributed by atoms with van der Waals surface area (Å²) in [4.78, 5) is 27.7. The van der Waals surface area contributed by atoms with Crippen molar-refractivity contribution in [3.63, 3.8) is 0 Å². The predicted octanol–water partition coefficient (Wildman–Crippen LogP) is 3.57. The lowest BCUT2D eigenvalue weighted by atomic mass is 10.1. The van der Waals surface area contributed by atoms with E-state index in [0.29, 0.717) is 11.4 Å². The highest BCUT2D eigenvalue weighted by molar-refractivity contribution is 7.92. The maximum atomic E-state index is 13.3. The average molecular weight is 504 g/mol. The molecule has 0 aliphatic rings. The third-order valence-corrected chi connectivity index (χ3v) is 7.05. The monoisotopic (exact) mass is 503 g/mol. The van der Waals surface area contributed by atoms with Gasteiger partial charge in [0.1, 0.15) is 11.8 Å². The van der Waals surface area contributed by atoms with E-state index in [1.54, 1.807) is 36.1 Å². The molecule has 0 heterocycles. The van der Waals surface area contributed by atoms with Crippen LogP contribution in [0.4, 0.5) is 5.69 Å². The number of nitrogens with zero attached hydrogens (tertiary/aromatic N) is 2. The number of sulfonamides is 1. The van der Waals surface area contributed by atoms with Crippen LogP contribution in [0.15, 0.2) is 54.6 Å². The Morgan fingerprint density at radius 2 is 1.66 bits per heavy atom. The van der Waals surface area contributed by atoms with Crippen molar-refractivity contribution in [2.24, 2.45) is 0 Å². The Bertz CT molecular complexity index is 1080. The standard InChI is InChI=1S/C26H37N3O5S/c1-6-20(2)27-26(31)21(3)28(19-22-13-8-7-9-14-22)25(30)17-12-18-29(35(5,32)33)23-15-10-11-16-24(23)34-4/h7-11,13-16,20-21H,6,12,17-19H2,1-5H3,(H,27,31)/t20-,21+/m0/s1. The molecule has 0 saturated heterocycles. The Morgan fingerprint density at radius 3 is 2.26 bits per heavy atom. The summed E-state index contributed by atoms with van der Waals surface area (Å²) in [7, 11) is -2.12. The van der Waals surface area contributed by atoms with Gasteiger partial charge in [0.2, 0.25) is 21.8 Å². The minimum atomic E-state index is -3.60. The maximum absolute atomic E-state index is 13.3. The summed E-state index contributed by atoms with van der Waals surface area (Å²) in [5.41, 5.74) is 1.34. The second-order valence-electron chi connectivity index (χ2n) is 8.61. The number of benzene rings is 2. The Balaban J connectivity index is 2.17. The normalized spacial score (nSPS) is 12.9. The van der Waals surface area contributed by atoms with Gasteiger partial charge in [-0.2, -0.15) is 0 Å². The summed E-state index contributed by atoms with van der Waals surface area (Å²) in [6.07, 6.45) is 2.30. The molecule has 0 saturated carbocycles. The van der Waals surface area contributed by atoms with Gasteiger partial charge in [-0.3, -0.25) is 13.9 Å². The molecule has 0 radical (unpaired) electrons. The lowest BCUT2D eigenvalue weighted by Gasteiger charge is -2.30. The topological polar surface area (TPSA) is 96.0 Å². The highest BCUT2D eigenvalue weighted by atomic mass is 32.2. The zero-order valence-electron chi connectivity index (χ0n) is 21.2. The van der Waals surface area contributed by atoms with E-state index < -0.39 is 16.1 Å². The maximum Gasteiger partial charge on any atom is 0.242 e. The van der Waals surface area contributed by atoms with Gasteiger partial charge in [0.15, 0.2) is 0 Å². The molecular formula is C26H37N3O5S. The Labute approximate surface area is 209 Å². The SMILES string of the molecule is CC[C@H](C)NC(=O)[C@@H](C)N(Cc1ccccc1)C(=O)CCCN(c1ccccc1OC)S(C)(=O)=O. The summed E-state index contributed by atoms with van der Waals surface area (Å²) in [5, 5.41) is 2.94. The van der Waals surface area contributed by atoms with Crippen LogP contribution in [0.5, 0.6) is 5.75 Å². The molecule has 0 fully saturated rings. The number of methoxy groups -OCH3 is 1. The number of hydrogen-bond acceptors (Lipinski definition) is 5. The van der Waals surface area contributed by atoms with E-state index in [1.165, 1.54) is 11.4 Å². The smallest absolute Gasteiger partial charge is 0.242 e. The first kappa shape index (κ1) is 28.2. The summed E-state index contributed by atoms with van der Waals surface area (Å²) in [6.45, 7) is 6.02. The second-order valence-corrected chi connectivity index (χ2v) is 10.5. The predicted molar refractivity (Wildman–Crippen MR) is 139 cm³/mol. The van der Waals surface area contributed by atoms with Crippen molar-refractivity contribution in [3.05, 3.63) is 60.2 Å². The van der Waals surface area contributed by atoms with Gasteiger partial charge in [0.05, 0.1) is 19.1 Å². The van der Waals surface area contributed by atoms with Crippen molar-refractivity contribution in [1.29, 1.82) is 0 Å². The van der Waals surface area contributed by atoms with E-state index in [4.69, 9.17) is 4.74 Å². The third kappa shape index (κ3) is 8.28. The lowest BCUT2D eigenvalue weighted by molar-refractivity contribution is -0.140. The summed E-state index contributed by atoms with van der Waals surface area (Å²) in [5.74, 6) is 0.00911. The van der Waals surface area contributed by atoms with E-state index in [1.807, 2.05) is 44.2 Å². The van der Waals surface area contributed by atoms with E-state index in [9.17, 15) is 18.0 Å². The number of nitrogens with one attached hydrogen (secondary N) is 1. The fraction of sp³-hybridized carbons (Fsp3) is 0.462. The molecule has 2 aromatic carbocycles. The van der Waals surface area contributed by atoms with Gasteiger partial charge in [-0.25, -0.2) is 8.42 Å². The number of ether oxygens (including phenoxy) is 1. The average Bonchev–Trinajstić information content (AvgIpc) is 2.84. The molecule has 8 nitrogen and oxygen atoms in total. The molecular weight excluding hydrogens is 466 g/mol. The molecule has 9 heteroatoms. The van der Waals surface area contributed by atoms with Gasteiger partial charge in [0, 0.05) is 25.6 Å². The van der Waals surface area contributed by atoms with Crippen molar-refractivity contribution in [2.45, 2.75) is 58.7 Å². The zero-order chi connectivity index (χ0) is 26.0. The van der Waals surface area contributed by atoms with Crippen LogP contribution in [0.1, 0.15) is 45.6 Å². The van der Waals surface area contributed by atoms with Crippen molar-refractivity contribution in [3.8, 4) is 5.75 Å². The fourth-order valence-corrected chi connectivity index (χ4v) is 4.62. The zero-order valence-corrected chi connectivity index (χ0v) is 22.0. The molecule has 192 valence electrons. The number of amides is 2. The molecule has 2 aromatic rings. The van der Waals surface area contributed by atoms with Crippen molar-refractivity contribution in [1.82, 2.24) is 10.2 Å². The summed E-state index contributed by atoms with van der Waals surface area (Å²) < 4.78 is 31.6. The number of carbonyl (C=O) groups is 2.